The number of Topliss-reactive ketones (excluding diaryl/α,β-unsaturated/α-hetero) is 1. The van der Waals surface area contributed by atoms with Crippen LogP contribution in [0.15, 0.2) is 18.2 Å². The van der Waals surface area contributed by atoms with Gasteiger partial charge in [0.15, 0.2) is 0 Å². The molecule has 1 fully saturated rings. The van der Waals surface area contributed by atoms with Crippen molar-refractivity contribution in [1.82, 2.24) is 5.32 Å². The second kappa shape index (κ2) is 7.65. The first kappa shape index (κ1) is 15.3. The number of halogens is 1. The van der Waals surface area contributed by atoms with E-state index in [1.807, 2.05) is 12.1 Å². The van der Waals surface area contributed by atoms with Crippen molar-refractivity contribution in [2.45, 2.75) is 32.1 Å². The molecule has 0 bridgehead atoms. The molecular formula is C16H22ClNO2. The van der Waals surface area contributed by atoms with Crippen LogP contribution in [-0.2, 0) is 11.2 Å². The zero-order valence-electron chi connectivity index (χ0n) is 12.0. The Bertz CT molecular complexity index is 456. The number of rotatable bonds is 6. The summed E-state index contributed by atoms with van der Waals surface area (Å²) in [6.07, 6.45) is 4.49. The molecule has 0 amide bonds. The molecule has 1 saturated heterocycles. The molecule has 1 aromatic rings. The van der Waals surface area contributed by atoms with Crippen LogP contribution in [0, 0.1) is 5.92 Å². The van der Waals surface area contributed by atoms with Gasteiger partial charge in [-0.05, 0) is 56.5 Å². The fourth-order valence-corrected chi connectivity index (χ4v) is 2.92. The lowest BCUT2D eigenvalue weighted by atomic mass is 9.92. The molecule has 1 N–H and O–H groups in total. The molecule has 1 unspecified atom stereocenters. The van der Waals surface area contributed by atoms with E-state index in [2.05, 4.69) is 5.32 Å². The molecule has 0 saturated carbocycles. The third-order valence-electron chi connectivity index (χ3n) is 3.86. The fourth-order valence-electron chi connectivity index (χ4n) is 2.72. The summed E-state index contributed by atoms with van der Waals surface area (Å²) >= 11 is 5.98. The van der Waals surface area contributed by atoms with Crippen LogP contribution in [-0.4, -0.2) is 26.0 Å². The minimum absolute atomic E-state index is 0.260. The molecule has 2 rings (SSSR count). The lowest BCUT2D eigenvalue weighted by Gasteiger charge is -2.22. The van der Waals surface area contributed by atoms with Gasteiger partial charge in [0, 0.05) is 23.4 Å². The quantitative estimate of drug-likeness (QED) is 0.875. The fraction of sp³-hybridized carbons (Fsp3) is 0.562. The molecule has 0 spiro atoms. The lowest BCUT2D eigenvalue weighted by Crippen LogP contribution is -2.30. The number of hydrogen-bond acceptors (Lipinski definition) is 3. The first-order valence-corrected chi connectivity index (χ1v) is 7.61. The molecule has 1 aliphatic heterocycles. The van der Waals surface area contributed by atoms with Crippen molar-refractivity contribution in [3.8, 4) is 5.75 Å². The Labute approximate surface area is 125 Å². The van der Waals surface area contributed by atoms with E-state index in [1.165, 1.54) is 12.8 Å². The zero-order chi connectivity index (χ0) is 14.4. The molecule has 1 heterocycles. The Morgan fingerprint density at radius 3 is 3.05 bits per heavy atom. The van der Waals surface area contributed by atoms with Gasteiger partial charge in [-0.2, -0.15) is 0 Å². The van der Waals surface area contributed by atoms with E-state index in [-0.39, 0.29) is 5.78 Å². The molecule has 0 aromatic heterocycles. The highest BCUT2D eigenvalue weighted by Gasteiger charge is 2.15. The van der Waals surface area contributed by atoms with E-state index < -0.39 is 0 Å². The molecule has 4 heteroatoms. The number of carbonyl (C=O) groups excluding carboxylic acids is 1. The van der Waals surface area contributed by atoms with Gasteiger partial charge in [-0.3, -0.25) is 4.79 Å². The average Bonchev–Trinajstić information content (AvgIpc) is 2.46. The van der Waals surface area contributed by atoms with E-state index in [4.69, 9.17) is 16.3 Å². The number of ketones is 1. The number of nitrogens with one attached hydrogen (secondary N) is 1. The van der Waals surface area contributed by atoms with E-state index in [0.717, 1.165) is 30.8 Å². The summed E-state index contributed by atoms with van der Waals surface area (Å²) in [6.45, 7) is 2.16. The monoisotopic (exact) mass is 295 g/mol. The molecule has 20 heavy (non-hydrogen) atoms. The summed E-state index contributed by atoms with van der Waals surface area (Å²) in [5, 5.41) is 4.03. The number of benzene rings is 1. The van der Waals surface area contributed by atoms with Gasteiger partial charge in [0.25, 0.3) is 0 Å². The summed E-state index contributed by atoms with van der Waals surface area (Å²) in [5.41, 5.74) is 0.881. The first-order valence-electron chi connectivity index (χ1n) is 7.24. The number of ether oxygens (including phenoxy) is 1. The summed E-state index contributed by atoms with van der Waals surface area (Å²) in [7, 11) is 1.62. The molecule has 110 valence electrons. The molecule has 1 aliphatic rings. The largest absolute Gasteiger partial charge is 0.496 e. The third-order valence-corrected chi connectivity index (χ3v) is 4.10. The predicted molar refractivity (Wildman–Crippen MR) is 81.5 cm³/mol. The average molecular weight is 296 g/mol. The van der Waals surface area contributed by atoms with Crippen molar-refractivity contribution in [2.75, 3.05) is 20.2 Å². The van der Waals surface area contributed by atoms with Crippen molar-refractivity contribution < 1.29 is 9.53 Å². The summed E-state index contributed by atoms with van der Waals surface area (Å²) in [6, 6.07) is 5.42. The molecule has 0 aliphatic carbocycles. The lowest BCUT2D eigenvalue weighted by molar-refractivity contribution is -0.118. The van der Waals surface area contributed by atoms with Gasteiger partial charge >= 0.3 is 0 Å². The van der Waals surface area contributed by atoms with Crippen molar-refractivity contribution in [3.05, 3.63) is 28.8 Å². The molecule has 3 nitrogen and oxygen atoms in total. The van der Waals surface area contributed by atoms with Crippen LogP contribution in [0.1, 0.15) is 31.2 Å². The van der Waals surface area contributed by atoms with Crippen LogP contribution in [0.4, 0.5) is 0 Å². The van der Waals surface area contributed by atoms with Crippen molar-refractivity contribution in [3.63, 3.8) is 0 Å². The Kier molecular flexibility index (Phi) is 5.86. The third kappa shape index (κ3) is 4.50. The predicted octanol–water partition coefficient (Wildman–Crippen LogP) is 3.24. The maximum absolute atomic E-state index is 12.1. The number of carbonyl (C=O) groups is 1. The van der Waals surface area contributed by atoms with Crippen LogP contribution in [0.2, 0.25) is 5.02 Å². The second-order valence-corrected chi connectivity index (χ2v) is 5.86. The van der Waals surface area contributed by atoms with Crippen molar-refractivity contribution >= 4 is 17.4 Å². The van der Waals surface area contributed by atoms with E-state index in [9.17, 15) is 4.79 Å². The summed E-state index contributed by atoms with van der Waals surface area (Å²) in [5.74, 6) is 1.65. The maximum Gasteiger partial charge on any atom is 0.137 e. The van der Waals surface area contributed by atoms with E-state index >= 15 is 0 Å². The molecule has 1 aromatic carbocycles. The highest BCUT2D eigenvalue weighted by atomic mass is 35.5. The highest BCUT2D eigenvalue weighted by molar-refractivity contribution is 6.30. The standard InChI is InChI=1S/C16H22ClNO2/c1-20-16-7-5-14(17)9-13(16)10-15(19)6-4-12-3-2-8-18-11-12/h5,7,9,12,18H,2-4,6,8,10-11H2,1H3. The van der Waals surface area contributed by atoms with Crippen LogP contribution < -0.4 is 10.1 Å². The highest BCUT2D eigenvalue weighted by Crippen LogP contribution is 2.24. The van der Waals surface area contributed by atoms with Gasteiger partial charge in [0.2, 0.25) is 0 Å². The van der Waals surface area contributed by atoms with Gasteiger partial charge in [-0.1, -0.05) is 11.6 Å². The molecule has 1 atom stereocenters. The molecule has 0 radical (unpaired) electrons. The van der Waals surface area contributed by atoms with Gasteiger partial charge < -0.3 is 10.1 Å². The normalized spacial score (nSPS) is 18.8. The maximum atomic E-state index is 12.1. The van der Waals surface area contributed by atoms with Gasteiger partial charge in [-0.25, -0.2) is 0 Å². The van der Waals surface area contributed by atoms with Crippen LogP contribution in [0.3, 0.4) is 0 Å². The smallest absolute Gasteiger partial charge is 0.137 e. The van der Waals surface area contributed by atoms with E-state index in [0.29, 0.717) is 23.8 Å². The minimum atomic E-state index is 0.260. The molecular weight excluding hydrogens is 274 g/mol. The summed E-state index contributed by atoms with van der Waals surface area (Å²) in [4.78, 5) is 12.1. The van der Waals surface area contributed by atoms with Gasteiger partial charge in [-0.15, -0.1) is 0 Å². The SMILES string of the molecule is COc1ccc(Cl)cc1CC(=O)CCC1CCCNC1. The van der Waals surface area contributed by atoms with Crippen LogP contribution in [0.5, 0.6) is 5.75 Å². The van der Waals surface area contributed by atoms with Crippen molar-refractivity contribution in [2.24, 2.45) is 5.92 Å². The van der Waals surface area contributed by atoms with Crippen molar-refractivity contribution in [1.29, 1.82) is 0 Å². The van der Waals surface area contributed by atoms with Gasteiger partial charge in [0.05, 0.1) is 7.11 Å². The topological polar surface area (TPSA) is 38.3 Å². The second-order valence-electron chi connectivity index (χ2n) is 5.42. The first-order chi connectivity index (χ1) is 9.69. The Hall–Kier alpha value is -1.06. The van der Waals surface area contributed by atoms with Gasteiger partial charge in [0.1, 0.15) is 11.5 Å². The number of methoxy groups -OCH3 is 1. The number of piperidine rings is 1. The van der Waals surface area contributed by atoms with Crippen LogP contribution >= 0.6 is 11.6 Å². The van der Waals surface area contributed by atoms with E-state index in [1.54, 1.807) is 13.2 Å². The Morgan fingerprint density at radius 2 is 2.35 bits per heavy atom. The number of hydrogen-bond donors (Lipinski definition) is 1. The Morgan fingerprint density at radius 1 is 1.50 bits per heavy atom. The Balaban J connectivity index is 1.86. The minimum Gasteiger partial charge on any atom is -0.496 e. The van der Waals surface area contributed by atoms with Crippen LogP contribution in [0.25, 0.3) is 0 Å². The summed E-state index contributed by atoms with van der Waals surface area (Å²) < 4.78 is 5.27. The zero-order valence-corrected chi connectivity index (χ0v) is 12.7.